The number of amides is 2. The van der Waals surface area contributed by atoms with E-state index >= 15 is 0 Å². The first-order valence-electron chi connectivity index (χ1n) is 7.51. The standard InChI is InChI=1S/C15H26N2O2/c1-5-11-7-6-8-12(9-11)17-10(2)13(18)16-15(3,4)14(17)19/h10-12H,5-9H2,1-4H3,(H,16,18). The van der Waals surface area contributed by atoms with Crippen molar-refractivity contribution < 1.29 is 9.59 Å². The summed E-state index contributed by atoms with van der Waals surface area (Å²) < 4.78 is 0. The fourth-order valence-corrected chi connectivity index (χ4v) is 3.46. The van der Waals surface area contributed by atoms with E-state index in [1.165, 1.54) is 19.3 Å². The molecule has 4 nitrogen and oxygen atoms in total. The highest BCUT2D eigenvalue weighted by atomic mass is 16.2. The van der Waals surface area contributed by atoms with Gasteiger partial charge in [0, 0.05) is 6.04 Å². The van der Waals surface area contributed by atoms with Gasteiger partial charge in [-0.25, -0.2) is 0 Å². The fraction of sp³-hybridized carbons (Fsp3) is 0.867. The van der Waals surface area contributed by atoms with Crippen molar-refractivity contribution in [3.63, 3.8) is 0 Å². The van der Waals surface area contributed by atoms with Gasteiger partial charge in [0.2, 0.25) is 11.8 Å². The van der Waals surface area contributed by atoms with E-state index in [0.717, 1.165) is 12.8 Å². The van der Waals surface area contributed by atoms with Gasteiger partial charge in [-0.05, 0) is 39.5 Å². The largest absolute Gasteiger partial charge is 0.340 e. The third kappa shape index (κ3) is 2.63. The van der Waals surface area contributed by atoms with Gasteiger partial charge in [0.25, 0.3) is 0 Å². The topological polar surface area (TPSA) is 49.4 Å². The average molecular weight is 266 g/mol. The summed E-state index contributed by atoms with van der Waals surface area (Å²) in [5.74, 6) is 0.747. The first-order chi connectivity index (χ1) is 8.86. The van der Waals surface area contributed by atoms with Crippen LogP contribution >= 0.6 is 0 Å². The van der Waals surface area contributed by atoms with Crippen molar-refractivity contribution in [1.82, 2.24) is 10.2 Å². The van der Waals surface area contributed by atoms with E-state index < -0.39 is 5.54 Å². The predicted molar refractivity (Wildman–Crippen MR) is 74.6 cm³/mol. The predicted octanol–water partition coefficient (Wildman–Crippen LogP) is 2.08. The van der Waals surface area contributed by atoms with Crippen LogP contribution in [0.2, 0.25) is 0 Å². The van der Waals surface area contributed by atoms with Gasteiger partial charge in [0.1, 0.15) is 11.6 Å². The summed E-state index contributed by atoms with van der Waals surface area (Å²) in [6, 6.07) is -0.0901. The Bertz CT molecular complexity index is 378. The fourth-order valence-electron chi connectivity index (χ4n) is 3.46. The van der Waals surface area contributed by atoms with Gasteiger partial charge in [0.05, 0.1) is 0 Å². The van der Waals surface area contributed by atoms with Crippen LogP contribution in [0.4, 0.5) is 0 Å². The van der Waals surface area contributed by atoms with E-state index in [1.54, 1.807) is 13.8 Å². The summed E-state index contributed by atoms with van der Waals surface area (Å²) in [5.41, 5.74) is -0.761. The molecule has 2 aliphatic rings. The molecule has 2 rings (SSSR count). The lowest BCUT2D eigenvalue weighted by Gasteiger charge is -2.47. The quantitative estimate of drug-likeness (QED) is 0.832. The minimum Gasteiger partial charge on any atom is -0.340 e. The number of rotatable bonds is 2. The molecule has 0 aromatic rings. The third-order valence-electron chi connectivity index (χ3n) is 4.73. The Balaban J connectivity index is 2.20. The van der Waals surface area contributed by atoms with Crippen LogP contribution in [0.1, 0.15) is 59.8 Å². The first-order valence-corrected chi connectivity index (χ1v) is 7.51. The van der Waals surface area contributed by atoms with Crippen LogP contribution in [-0.2, 0) is 9.59 Å². The van der Waals surface area contributed by atoms with Crippen molar-refractivity contribution in [2.45, 2.75) is 77.4 Å². The third-order valence-corrected chi connectivity index (χ3v) is 4.73. The lowest BCUT2D eigenvalue weighted by molar-refractivity contribution is -0.156. The summed E-state index contributed by atoms with van der Waals surface area (Å²) in [5, 5.41) is 2.82. The van der Waals surface area contributed by atoms with Gasteiger partial charge in [0.15, 0.2) is 0 Å². The molecule has 1 N–H and O–H groups in total. The number of carbonyl (C=O) groups is 2. The molecule has 1 aliphatic carbocycles. The molecule has 1 saturated heterocycles. The van der Waals surface area contributed by atoms with E-state index in [1.807, 2.05) is 11.8 Å². The smallest absolute Gasteiger partial charge is 0.248 e. The molecule has 0 aromatic heterocycles. The molecule has 2 fully saturated rings. The van der Waals surface area contributed by atoms with Crippen LogP contribution in [-0.4, -0.2) is 34.3 Å². The van der Waals surface area contributed by atoms with Crippen LogP contribution in [0.25, 0.3) is 0 Å². The lowest BCUT2D eigenvalue weighted by Crippen LogP contribution is -2.69. The van der Waals surface area contributed by atoms with Crippen molar-refractivity contribution in [3.8, 4) is 0 Å². The highest BCUT2D eigenvalue weighted by molar-refractivity contribution is 5.99. The van der Waals surface area contributed by atoms with E-state index in [4.69, 9.17) is 0 Å². The summed E-state index contributed by atoms with van der Waals surface area (Å²) in [6.07, 6.45) is 5.69. The van der Waals surface area contributed by atoms with E-state index in [-0.39, 0.29) is 23.9 Å². The highest BCUT2D eigenvalue weighted by Crippen LogP contribution is 2.33. The second kappa shape index (κ2) is 5.14. The van der Waals surface area contributed by atoms with E-state index in [2.05, 4.69) is 12.2 Å². The van der Waals surface area contributed by atoms with Gasteiger partial charge in [-0.1, -0.05) is 26.2 Å². The zero-order valence-corrected chi connectivity index (χ0v) is 12.5. The van der Waals surface area contributed by atoms with Crippen molar-refractivity contribution in [2.75, 3.05) is 0 Å². The number of nitrogens with zero attached hydrogens (tertiary/aromatic N) is 1. The molecule has 1 aliphatic heterocycles. The molecule has 1 heterocycles. The molecule has 3 atom stereocenters. The Kier molecular flexibility index (Phi) is 3.88. The summed E-state index contributed by atoms with van der Waals surface area (Å²) in [4.78, 5) is 26.5. The van der Waals surface area contributed by atoms with E-state index in [0.29, 0.717) is 5.92 Å². The lowest BCUT2D eigenvalue weighted by atomic mass is 9.81. The maximum atomic E-state index is 12.6. The Morgan fingerprint density at radius 3 is 2.63 bits per heavy atom. The molecule has 2 amide bonds. The van der Waals surface area contributed by atoms with Gasteiger partial charge in [-0.3, -0.25) is 9.59 Å². The maximum Gasteiger partial charge on any atom is 0.248 e. The summed E-state index contributed by atoms with van der Waals surface area (Å²) in [7, 11) is 0. The number of carbonyl (C=O) groups excluding carboxylic acids is 2. The van der Waals surface area contributed by atoms with Crippen LogP contribution in [0.15, 0.2) is 0 Å². The minimum atomic E-state index is -0.761. The van der Waals surface area contributed by atoms with Crippen LogP contribution in [0.5, 0.6) is 0 Å². The van der Waals surface area contributed by atoms with Gasteiger partial charge < -0.3 is 10.2 Å². The number of hydrogen-bond acceptors (Lipinski definition) is 2. The van der Waals surface area contributed by atoms with Gasteiger partial charge in [-0.15, -0.1) is 0 Å². The van der Waals surface area contributed by atoms with Crippen molar-refractivity contribution in [1.29, 1.82) is 0 Å². The van der Waals surface area contributed by atoms with Crippen molar-refractivity contribution in [3.05, 3.63) is 0 Å². The maximum absolute atomic E-state index is 12.6. The molecule has 4 heteroatoms. The highest BCUT2D eigenvalue weighted by Gasteiger charge is 2.46. The van der Waals surface area contributed by atoms with Crippen molar-refractivity contribution in [2.24, 2.45) is 5.92 Å². The molecule has 19 heavy (non-hydrogen) atoms. The molecule has 108 valence electrons. The number of nitrogens with one attached hydrogen (secondary N) is 1. The molecule has 3 unspecified atom stereocenters. The van der Waals surface area contributed by atoms with Crippen LogP contribution in [0, 0.1) is 5.92 Å². The summed E-state index contributed by atoms with van der Waals surface area (Å²) in [6.45, 7) is 7.65. The number of hydrogen-bond donors (Lipinski definition) is 1. The molecule has 0 radical (unpaired) electrons. The van der Waals surface area contributed by atoms with Crippen molar-refractivity contribution >= 4 is 11.8 Å². The first kappa shape index (κ1) is 14.4. The zero-order valence-electron chi connectivity index (χ0n) is 12.5. The number of piperazine rings is 1. The monoisotopic (exact) mass is 266 g/mol. The van der Waals surface area contributed by atoms with Crippen LogP contribution in [0.3, 0.4) is 0 Å². The average Bonchev–Trinajstić information content (AvgIpc) is 2.37. The molecular weight excluding hydrogens is 240 g/mol. The SMILES string of the molecule is CCC1CCCC(N2C(=O)C(C)(C)NC(=O)C2C)C1. The summed E-state index contributed by atoms with van der Waals surface area (Å²) >= 11 is 0. The van der Waals surface area contributed by atoms with Crippen LogP contribution < -0.4 is 5.32 Å². The second-order valence-electron chi connectivity index (χ2n) is 6.60. The van der Waals surface area contributed by atoms with Gasteiger partial charge in [-0.2, -0.15) is 0 Å². The molecule has 0 bridgehead atoms. The molecule has 0 aromatic carbocycles. The Hall–Kier alpha value is -1.06. The van der Waals surface area contributed by atoms with E-state index in [9.17, 15) is 9.59 Å². The molecule has 0 spiro atoms. The molecule has 1 saturated carbocycles. The Morgan fingerprint density at radius 1 is 1.32 bits per heavy atom. The Labute approximate surface area is 115 Å². The second-order valence-corrected chi connectivity index (χ2v) is 6.60. The Morgan fingerprint density at radius 2 is 2.00 bits per heavy atom. The minimum absolute atomic E-state index is 0.0248. The van der Waals surface area contributed by atoms with Gasteiger partial charge >= 0.3 is 0 Å². The normalized spacial score (nSPS) is 35.2. The zero-order chi connectivity index (χ0) is 14.2. The molecular formula is C15H26N2O2.